The van der Waals surface area contributed by atoms with Crippen molar-refractivity contribution < 1.29 is 9.32 Å². The number of hydrogen-bond donors (Lipinski definition) is 1. The van der Waals surface area contributed by atoms with Gasteiger partial charge in [-0.05, 0) is 35.0 Å². The molecule has 0 saturated carbocycles. The molecule has 2 rings (SSSR count). The second kappa shape index (κ2) is 5.14. The van der Waals surface area contributed by atoms with Crippen molar-refractivity contribution in [2.45, 2.75) is 13.5 Å². The van der Waals surface area contributed by atoms with Crippen molar-refractivity contribution in [2.24, 2.45) is 0 Å². The molecule has 0 fully saturated rings. The SMILES string of the molecule is Cc1cc(CNC(=O)c2ccccc2Br)on1. The first-order valence-corrected chi connectivity index (χ1v) is 5.91. The van der Waals surface area contributed by atoms with E-state index in [1.807, 2.05) is 25.1 Å². The van der Waals surface area contributed by atoms with E-state index in [-0.39, 0.29) is 5.91 Å². The molecule has 0 spiro atoms. The lowest BCUT2D eigenvalue weighted by molar-refractivity contribution is 0.0946. The number of nitrogens with one attached hydrogen (secondary N) is 1. The minimum atomic E-state index is -0.147. The lowest BCUT2D eigenvalue weighted by atomic mass is 10.2. The van der Waals surface area contributed by atoms with Gasteiger partial charge in [0.1, 0.15) is 0 Å². The Kier molecular flexibility index (Phi) is 3.58. The van der Waals surface area contributed by atoms with Crippen LogP contribution in [-0.4, -0.2) is 11.1 Å². The molecule has 0 atom stereocenters. The van der Waals surface area contributed by atoms with Gasteiger partial charge in [0.15, 0.2) is 5.76 Å². The van der Waals surface area contributed by atoms with Crippen molar-refractivity contribution >= 4 is 21.8 Å². The average Bonchev–Trinajstić information content (AvgIpc) is 2.73. The molecule has 0 saturated heterocycles. The molecular weight excluding hydrogens is 284 g/mol. The molecule has 0 aliphatic carbocycles. The zero-order valence-corrected chi connectivity index (χ0v) is 10.8. The molecule has 5 heteroatoms. The summed E-state index contributed by atoms with van der Waals surface area (Å²) in [5.41, 5.74) is 1.40. The minimum absolute atomic E-state index is 0.147. The van der Waals surface area contributed by atoms with Gasteiger partial charge in [0.05, 0.1) is 17.8 Å². The number of hydrogen-bond acceptors (Lipinski definition) is 3. The van der Waals surface area contributed by atoms with Crippen molar-refractivity contribution in [3.8, 4) is 0 Å². The van der Waals surface area contributed by atoms with E-state index in [1.165, 1.54) is 0 Å². The van der Waals surface area contributed by atoms with Crippen LogP contribution >= 0.6 is 15.9 Å². The van der Waals surface area contributed by atoms with E-state index in [0.29, 0.717) is 17.9 Å². The highest BCUT2D eigenvalue weighted by molar-refractivity contribution is 9.10. The fraction of sp³-hybridized carbons (Fsp3) is 0.167. The van der Waals surface area contributed by atoms with Gasteiger partial charge in [0, 0.05) is 10.5 Å². The summed E-state index contributed by atoms with van der Waals surface area (Å²) >= 11 is 3.33. The number of aryl methyl sites for hydroxylation is 1. The molecule has 1 heterocycles. The van der Waals surface area contributed by atoms with E-state index in [1.54, 1.807) is 12.1 Å². The summed E-state index contributed by atoms with van der Waals surface area (Å²) in [6.07, 6.45) is 0. The fourth-order valence-corrected chi connectivity index (χ4v) is 1.87. The van der Waals surface area contributed by atoms with Crippen LogP contribution in [0, 0.1) is 6.92 Å². The van der Waals surface area contributed by atoms with Crippen molar-refractivity contribution in [1.82, 2.24) is 10.5 Å². The third-order valence-electron chi connectivity index (χ3n) is 2.22. The van der Waals surface area contributed by atoms with Crippen LogP contribution in [0.3, 0.4) is 0 Å². The van der Waals surface area contributed by atoms with E-state index in [2.05, 4.69) is 26.4 Å². The van der Waals surface area contributed by atoms with E-state index in [4.69, 9.17) is 4.52 Å². The van der Waals surface area contributed by atoms with E-state index < -0.39 is 0 Å². The number of carbonyl (C=O) groups excluding carboxylic acids is 1. The van der Waals surface area contributed by atoms with Gasteiger partial charge in [0.2, 0.25) is 0 Å². The Hall–Kier alpha value is -1.62. The van der Waals surface area contributed by atoms with E-state index >= 15 is 0 Å². The van der Waals surface area contributed by atoms with Gasteiger partial charge < -0.3 is 9.84 Å². The summed E-state index contributed by atoms with van der Waals surface area (Å²) in [5, 5.41) is 6.52. The number of carbonyl (C=O) groups is 1. The Balaban J connectivity index is 2.01. The smallest absolute Gasteiger partial charge is 0.252 e. The molecule has 2 aromatic rings. The molecule has 1 aromatic heterocycles. The van der Waals surface area contributed by atoms with Crippen LogP contribution in [0.2, 0.25) is 0 Å². The van der Waals surface area contributed by atoms with Crippen LogP contribution in [0.25, 0.3) is 0 Å². The zero-order valence-electron chi connectivity index (χ0n) is 9.24. The number of nitrogens with zero attached hydrogens (tertiary/aromatic N) is 1. The summed E-state index contributed by atoms with van der Waals surface area (Å²) in [7, 11) is 0. The molecule has 1 aromatic carbocycles. The van der Waals surface area contributed by atoms with Gasteiger partial charge in [0.25, 0.3) is 5.91 Å². The molecular formula is C12H11BrN2O2. The van der Waals surface area contributed by atoms with Crippen molar-refractivity contribution in [3.05, 3.63) is 51.8 Å². The van der Waals surface area contributed by atoms with Crippen molar-refractivity contribution in [3.63, 3.8) is 0 Å². The molecule has 1 N–H and O–H groups in total. The van der Waals surface area contributed by atoms with Crippen LogP contribution in [0.5, 0.6) is 0 Å². The highest BCUT2D eigenvalue weighted by Gasteiger charge is 2.09. The quantitative estimate of drug-likeness (QED) is 0.947. The van der Waals surface area contributed by atoms with Crippen molar-refractivity contribution in [1.29, 1.82) is 0 Å². The molecule has 1 amide bonds. The first-order chi connectivity index (χ1) is 8.16. The lowest BCUT2D eigenvalue weighted by Gasteiger charge is -2.04. The topological polar surface area (TPSA) is 55.1 Å². The van der Waals surface area contributed by atoms with Gasteiger partial charge >= 0.3 is 0 Å². The summed E-state index contributed by atoms with van der Waals surface area (Å²) in [6.45, 7) is 2.17. The predicted molar refractivity (Wildman–Crippen MR) is 66.6 cm³/mol. The highest BCUT2D eigenvalue weighted by atomic mass is 79.9. The van der Waals surface area contributed by atoms with Gasteiger partial charge in [-0.3, -0.25) is 4.79 Å². The second-order valence-corrected chi connectivity index (χ2v) is 4.45. The maximum absolute atomic E-state index is 11.8. The third-order valence-corrected chi connectivity index (χ3v) is 2.91. The Morgan fingerprint density at radius 1 is 1.47 bits per heavy atom. The average molecular weight is 295 g/mol. The normalized spacial score (nSPS) is 10.2. The van der Waals surface area contributed by atoms with Gasteiger partial charge in [-0.1, -0.05) is 17.3 Å². The Labute approximate surface area is 107 Å². The number of aromatic nitrogens is 1. The number of benzene rings is 1. The maximum atomic E-state index is 11.8. The van der Waals surface area contributed by atoms with Crippen LogP contribution in [0.4, 0.5) is 0 Å². The van der Waals surface area contributed by atoms with Gasteiger partial charge in [-0.15, -0.1) is 0 Å². The second-order valence-electron chi connectivity index (χ2n) is 3.60. The standard InChI is InChI=1S/C12H11BrN2O2/c1-8-6-9(17-15-8)7-14-12(16)10-4-2-3-5-11(10)13/h2-6H,7H2,1H3,(H,14,16). The highest BCUT2D eigenvalue weighted by Crippen LogP contribution is 2.15. The zero-order chi connectivity index (χ0) is 12.3. The van der Waals surface area contributed by atoms with Crippen LogP contribution in [-0.2, 0) is 6.54 Å². The summed E-state index contributed by atoms with van der Waals surface area (Å²) in [4.78, 5) is 11.8. The molecule has 88 valence electrons. The molecule has 0 aliphatic heterocycles. The third kappa shape index (κ3) is 2.94. The number of amides is 1. The van der Waals surface area contributed by atoms with E-state index in [9.17, 15) is 4.79 Å². The Bertz CT molecular complexity index is 537. The summed E-state index contributed by atoms with van der Waals surface area (Å²) < 4.78 is 5.77. The Morgan fingerprint density at radius 3 is 2.88 bits per heavy atom. The van der Waals surface area contributed by atoms with Crippen LogP contribution < -0.4 is 5.32 Å². The minimum Gasteiger partial charge on any atom is -0.359 e. The molecule has 0 unspecified atom stereocenters. The first-order valence-electron chi connectivity index (χ1n) is 5.12. The Morgan fingerprint density at radius 2 is 2.24 bits per heavy atom. The van der Waals surface area contributed by atoms with Crippen LogP contribution in [0.1, 0.15) is 21.8 Å². The molecule has 17 heavy (non-hydrogen) atoms. The lowest BCUT2D eigenvalue weighted by Crippen LogP contribution is -2.22. The van der Waals surface area contributed by atoms with Gasteiger partial charge in [-0.2, -0.15) is 0 Å². The molecule has 0 bridgehead atoms. The molecule has 4 nitrogen and oxygen atoms in total. The largest absolute Gasteiger partial charge is 0.359 e. The van der Waals surface area contributed by atoms with Gasteiger partial charge in [-0.25, -0.2) is 0 Å². The number of halogens is 1. The van der Waals surface area contributed by atoms with Crippen LogP contribution in [0.15, 0.2) is 39.3 Å². The predicted octanol–water partition coefficient (Wildman–Crippen LogP) is 2.68. The maximum Gasteiger partial charge on any atom is 0.252 e. The monoisotopic (exact) mass is 294 g/mol. The summed E-state index contributed by atoms with van der Waals surface area (Å²) in [6, 6.07) is 9.05. The van der Waals surface area contributed by atoms with Crippen molar-refractivity contribution in [2.75, 3.05) is 0 Å². The number of rotatable bonds is 3. The molecule has 0 radical (unpaired) electrons. The molecule has 0 aliphatic rings. The first kappa shape index (κ1) is 11.9. The summed E-state index contributed by atoms with van der Waals surface area (Å²) in [5.74, 6) is 0.495. The van der Waals surface area contributed by atoms with E-state index in [0.717, 1.165) is 10.2 Å². The fourth-order valence-electron chi connectivity index (χ4n) is 1.41.